The van der Waals surface area contributed by atoms with Crippen molar-refractivity contribution in [2.24, 2.45) is 0 Å². The van der Waals surface area contributed by atoms with E-state index in [1.54, 1.807) is 0 Å². The van der Waals surface area contributed by atoms with E-state index in [-0.39, 0.29) is 5.83 Å². The van der Waals surface area contributed by atoms with Crippen molar-refractivity contribution in [3.63, 3.8) is 0 Å². The van der Waals surface area contributed by atoms with E-state index in [1.807, 2.05) is 0 Å². The summed E-state index contributed by atoms with van der Waals surface area (Å²) in [4.78, 5) is 0. The lowest BCUT2D eigenvalue weighted by molar-refractivity contribution is 0.618. The third kappa shape index (κ3) is 0.924. The smallest absolute Gasteiger partial charge is 0.144 e. The van der Waals surface area contributed by atoms with Gasteiger partial charge in [0.1, 0.15) is 5.83 Å². The van der Waals surface area contributed by atoms with Crippen LogP contribution >= 0.6 is 0 Å². The molecular formula is C4H4FN2. The summed E-state index contributed by atoms with van der Waals surface area (Å²) < 4.78 is 11.8. The van der Waals surface area contributed by atoms with Crippen molar-refractivity contribution in [1.82, 2.24) is 10.9 Å². The molecule has 0 unspecified atom stereocenters. The van der Waals surface area contributed by atoms with Crippen LogP contribution < -0.4 is 10.9 Å². The Morgan fingerprint density at radius 3 is 2.86 bits per heavy atom. The zero-order valence-corrected chi connectivity index (χ0v) is 3.56. The van der Waals surface area contributed by atoms with Crippen LogP contribution in [0.3, 0.4) is 0 Å². The molecule has 0 spiro atoms. The molecule has 0 amide bonds. The van der Waals surface area contributed by atoms with Crippen LogP contribution in [0.5, 0.6) is 0 Å². The fraction of sp³-hybridized carbons (Fsp3) is 0. The highest BCUT2D eigenvalue weighted by Gasteiger charge is 1.89. The Balaban J connectivity index is 2.58. The fourth-order valence-electron chi connectivity index (χ4n) is 0.302. The van der Waals surface area contributed by atoms with Gasteiger partial charge in [0.2, 0.25) is 0 Å². The van der Waals surface area contributed by atoms with Crippen LogP contribution in [0.15, 0.2) is 24.3 Å². The first kappa shape index (κ1) is 4.18. The standard InChI is InChI=1S/C4H4FN2/c5-4-1-2-6-7-3-4/h1-3,6H. The van der Waals surface area contributed by atoms with Crippen molar-refractivity contribution in [1.29, 1.82) is 0 Å². The zero-order valence-electron chi connectivity index (χ0n) is 3.56. The maximum atomic E-state index is 11.8. The zero-order chi connectivity index (χ0) is 5.11. The van der Waals surface area contributed by atoms with Crippen LogP contribution in [0.2, 0.25) is 0 Å². The molecule has 0 bridgehead atoms. The summed E-state index contributed by atoms with van der Waals surface area (Å²) in [6, 6.07) is 0. The van der Waals surface area contributed by atoms with Gasteiger partial charge < -0.3 is 0 Å². The first-order chi connectivity index (χ1) is 3.39. The molecule has 1 aliphatic heterocycles. The molecule has 0 aromatic heterocycles. The minimum atomic E-state index is -0.321. The van der Waals surface area contributed by atoms with Gasteiger partial charge in [-0.15, -0.1) is 0 Å². The van der Waals surface area contributed by atoms with Gasteiger partial charge in [-0.05, 0) is 6.08 Å². The van der Waals surface area contributed by atoms with E-state index in [2.05, 4.69) is 10.9 Å². The second-order valence-corrected chi connectivity index (χ2v) is 1.11. The highest BCUT2D eigenvalue weighted by Crippen LogP contribution is 1.96. The Bertz CT molecular complexity index is 117. The molecule has 1 heterocycles. The van der Waals surface area contributed by atoms with E-state index in [1.165, 1.54) is 12.3 Å². The van der Waals surface area contributed by atoms with Crippen molar-refractivity contribution < 1.29 is 4.39 Å². The summed E-state index contributed by atoms with van der Waals surface area (Å²) in [6.07, 6.45) is 3.84. The highest BCUT2D eigenvalue weighted by atomic mass is 19.1. The number of nitrogens with zero attached hydrogens (tertiary/aromatic N) is 1. The third-order valence-corrected chi connectivity index (χ3v) is 0.580. The molecule has 0 aromatic carbocycles. The molecule has 0 fully saturated rings. The third-order valence-electron chi connectivity index (χ3n) is 0.580. The van der Waals surface area contributed by atoms with Crippen LogP contribution in [0.25, 0.3) is 0 Å². The molecule has 1 radical (unpaired) electrons. The Kier molecular flexibility index (Phi) is 0.978. The molecule has 37 valence electrons. The van der Waals surface area contributed by atoms with Crippen LogP contribution in [0.4, 0.5) is 4.39 Å². The van der Waals surface area contributed by atoms with Crippen LogP contribution in [0.1, 0.15) is 0 Å². The van der Waals surface area contributed by atoms with Crippen molar-refractivity contribution in [3.8, 4) is 0 Å². The average Bonchev–Trinajstić information content (AvgIpc) is 1.69. The summed E-state index contributed by atoms with van der Waals surface area (Å²) in [5.41, 5.74) is 5.83. The number of halogens is 1. The lowest BCUT2D eigenvalue weighted by Gasteiger charge is -1.97. The number of hydrogen-bond donors (Lipinski definition) is 1. The summed E-state index contributed by atoms with van der Waals surface area (Å²) in [6.45, 7) is 0. The van der Waals surface area contributed by atoms with Gasteiger partial charge >= 0.3 is 0 Å². The summed E-state index contributed by atoms with van der Waals surface area (Å²) in [7, 11) is 0. The molecule has 0 atom stereocenters. The molecule has 0 saturated heterocycles. The Labute approximate surface area is 40.7 Å². The molecule has 1 aliphatic rings. The summed E-state index contributed by atoms with van der Waals surface area (Å²) in [5.74, 6) is -0.321. The van der Waals surface area contributed by atoms with E-state index in [9.17, 15) is 4.39 Å². The van der Waals surface area contributed by atoms with Crippen molar-refractivity contribution in [3.05, 3.63) is 24.3 Å². The number of hydrogen-bond acceptors (Lipinski definition) is 1. The van der Waals surface area contributed by atoms with E-state index >= 15 is 0 Å². The molecule has 3 heteroatoms. The van der Waals surface area contributed by atoms with Gasteiger partial charge in [0, 0.05) is 6.20 Å². The molecule has 1 rings (SSSR count). The fourth-order valence-corrected chi connectivity index (χ4v) is 0.302. The van der Waals surface area contributed by atoms with E-state index in [0.29, 0.717) is 0 Å². The van der Waals surface area contributed by atoms with E-state index in [0.717, 1.165) is 6.20 Å². The molecule has 0 aromatic rings. The van der Waals surface area contributed by atoms with Crippen LogP contribution in [-0.4, -0.2) is 0 Å². The minimum absolute atomic E-state index is 0.321. The first-order valence-corrected chi connectivity index (χ1v) is 1.87. The maximum Gasteiger partial charge on any atom is 0.144 e. The predicted molar refractivity (Wildman–Crippen MR) is 23.6 cm³/mol. The molecule has 7 heavy (non-hydrogen) atoms. The Morgan fingerprint density at radius 1 is 1.71 bits per heavy atom. The monoisotopic (exact) mass is 99.0 g/mol. The van der Waals surface area contributed by atoms with Gasteiger partial charge in [-0.25, -0.2) is 4.39 Å². The predicted octanol–water partition coefficient (Wildman–Crippen LogP) is 0.434. The minimum Gasteiger partial charge on any atom is -0.286 e. The first-order valence-electron chi connectivity index (χ1n) is 1.87. The lowest BCUT2D eigenvalue weighted by Crippen LogP contribution is -2.14. The number of rotatable bonds is 0. The molecule has 2 nitrogen and oxygen atoms in total. The second kappa shape index (κ2) is 1.64. The lowest BCUT2D eigenvalue weighted by atomic mass is 10.5. The Hall–Kier alpha value is -0.990. The molecule has 0 saturated carbocycles. The van der Waals surface area contributed by atoms with E-state index in [4.69, 9.17) is 0 Å². The summed E-state index contributed by atoms with van der Waals surface area (Å²) >= 11 is 0. The van der Waals surface area contributed by atoms with Gasteiger partial charge in [-0.3, -0.25) is 5.43 Å². The average molecular weight is 99.1 g/mol. The Morgan fingerprint density at radius 2 is 2.57 bits per heavy atom. The van der Waals surface area contributed by atoms with E-state index < -0.39 is 0 Å². The van der Waals surface area contributed by atoms with Gasteiger partial charge in [0.15, 0.2) is 0 Å². The number of nitrogens with one attached hydrogen (secondary N) is 1. The highest BCUT2D eigenvalue weighted by molar-refractivity contribution is 5.11. The number of allylic oxidation sites excluding steroid dienone is 2. The van der Waals surface area contributed by atoms with Gasteiger partial charge in [-0.1, -0.05) is 0 Å². The SMILES string of the molecule is FC1=C[N]NC=C1. The quantitative estimate of drug-likeness (QED) is 0.468. The van der Waals surface area contributed by atoms with Gasteiger partial charge in [-0.2, -0.15) is 5.43 Å². The largest absolute Gasteiger partial charge is 0.286 e. The molecule has 1 N–H and O–H groups in total. The topological polar surface area (TPSA) is 26.1 Å². The van der Waals surface area contributed by atoms with Gasteiger partial charge in [0.05, 0.1) is 6.20 Å². The normalized spacial score (nSPS) is 17.0. The second-order valence-electron chi connectivity index (χ2n) is 1.11. The van der Waals surface area contributed by atoms with Gasteiger partial charge in [0.25, 0.3) is 0 Å². The summed E-state index contributed by atoms with van der Waals surface area (Å²) in [5, 5.41) is 0. The maximum absolute atomic E-state index is 11.8. The van der Waals surface area contributed by atoms with Crippen molar-refractivity contribution >= 4 is 0 Å². The van der Waals surface area contributed by atoms with Crippen LogP contribution in [0, 0.1) is 0 Å². The van der Waals surface area contributed by atoms with Crippen molar-refractivity contribution in [2.45, 2.75) is 0 Å². The molecule has 0 aliphatic carbocycles. The molecular weight excluding hydrogens is 95.1 g/mol. The van der Waals surface area contributed by atoms with Crippen LogP contribution in [-0.2, 0) is 0 Å². The van der Waals surface area contributed by atoms with Crippen molar-refractivity contribution in [2.75, 3.05) is 0 Å².